The molecule has 1 amide bonds. The summed E-state index contributed by atoms with van der Waals surface area (Å²) in [6.07, 6.45) is 0. The van der Waals surface area contributed by atoms with Gasteiger partial charge in [0.1, 0.15) is 5.75 Å². The number of carbonyl (C=O) groups is 1. The number of hydrogen-bond donors (Lipinski definition) is 2. The van der Waals surface area contributed by atoms with Crippen molar-refractivity contribution in [3.05, 3.63) is 83.7 Å². The maximum absolute atomic E-state index is 12.8. The normalized spacial score (nSPS) is 11.5. The van der Waals surface area contributed by atoms with Crippen molar-refractivity contribution in [2.24, 2.45) is 0 Å². The van der Waals surface area contributed by atoms with Crippen LogP contribution in [0.4, 0.5) is 11.4 Å². The minimum atomic E-state index is -3.76. The lowest BCUT2D eigenvalue weighted by atomic mass is 10.2. The summed E-state index contributed by atoms with van der Waals surface area (Å²) in [6, 6.07) is 22.7. The van der Waals surface area contributed by atoms with Gasteiger partial charge in [0.05, 0.1) is 21.6 Å². The highest BCUT2D eigenvalue weighted by Crippen LogP contribution is 2.39. The van der Waals surface area contributed by atoms with Crippen molar-refractivity contribution in [1.82, 2.24) is 0 Å². The van der Waals surface area contributed by atoms with E-state index in [-0.39, 0.29) is 10.8 Å². The number of carbonyl (C=O) groups excluding carboxylic acids is 1. The minimum Gasteiger partial charge on any atom is -0.497 e. The van der Waals surface area contributed by atoms with Crippen LogP contribution in [0.15, 0.2) is 83.8 Å². The molecule has 6 nitrogen and oxygen atoms in total. The van der Waals surface area contributed by atoms with Gasteiger partial charge < -0.3 is 10.1 Å². The molecule has 5 rings (SSSR count). The van der Waals surface area contributed by atoms with Crippen LogP contribution in [0.1, 0.15) is 9.67 Å². The van der Waals surface area contributed by atoms with Gasteiger partial charge in [0.25, 0.3) is 15.9 Å². The third-order valence-electron chi connectivity index (χ3n) is 5.04. The summed E-state index contributed by atoms with van der Waals surface area (Å²) < 4.78 is 36.3. The van der Waals surface area contributed by atoms with Crippen LogP contribution < -0.4 is 14.8 Å². The molecule has 0 saturated heterocycles. The van der Waals surface area contributed by atoms with Crippen LogP contribution in [-0.4, -0.2) is 21.4 Å². The molecule has 2 aromatic heterocycles. The van der Waals surface area contributed by atoms with Gasteiger partial charge in [0, 0.05) is 26.2 Å². The number of sulfonamides is 1. The molecule has 0 aliphatic carbocycles. The highest BCUT2D eigenvalue weighted by Gasteiger charge is 2.17. The van der Waals surface area contributed by atoms with Crippen LogP contribution in [-0.2, 0) is 10.0 Å². The fourth-order valence-corrected chi connectivity index (χ4v) is 6.87. The molecule has 5 aromatic rings. The van der Waals surface area contributed by atoms with Crippen LogP contribution in [0.2, 0.25) is 0 Å². The van der Waals surface area contributed by atoms with E-state index >= 15 is 0 Å². The van der Waals surface area contributed by atoms with E-state index in [1.807, 2.05) is 18.2 Å². The zero-order valence-corrected chi connectivity index (χ0v) is 19.8. The molecule has 0 aliphatic rings. The number of hydrogen-bond acceptors (Lipinski definition) is 6. The van der Waals surface area contributed by atoms with Gasteiger partial charge in [0.2, 0.25) is 0 Å². The molecular formula is C24H18N2O4S3. The number of nitrogens with one attached hydrogen (secondary N) is 2. The van der Waals surface area contributed by atoms with E-state index in [0.29, 0.717) is 22.0 Å². The van der Waals surface area contributed by atoms with Crippen molar-refractivity contribution in [1.29, 1.82) is 0 Å². The lowest BCUT2D eigenvalue weighted by molar-refractivity contribution is 0.103. The van der Waals surface area contributed by atoms with Crippen molar-refractivity contribution in [3.63, 3.8) is 0 Å². The van der Waals surface area contributed by atoms with E-state index in [9.17, 15) is 13.2 Å². The second-order valence-electron chi connectivity index (χ2n) is 7.21. The summed E-state index contributed by atoms with van der Waals surface area (Å²) in [5.41, 5.74) is 0.948. The van der Waals surface area contributed by atoms with Gasteiger partial charge in [0.15, 0.2) is 0 Å². The van der Waals surface area contributed by atoms with Crippen molar-refractivity contribution in [2.45, 2.75) is 4.90 Å². The molecule has 0 atom stereocenters. The summed E-state index contributed by atoms with van der Waals surface area (Å²) >= 11 is 3.12. The number of benzene rings is 3. The van der Waals surface area contributed by atoms with Gasteiger partial charge in [-0.1, -0.05) is 18.2 Å². The summed E-state index contributed by atoms with van der Waals surface area (Å²) in [7, 11) is -2.22. The van der Waals surface area contributed by atoms with Gasteiger partial charge in [-0.25, -0.2) is 8.42 Å². The molecule has 2 heterocycles. The third kappa shape index (κ3) is 4.30. The highest BCUT2D eigenvalue weighted by molar-refractivity contribution is 7.92. The fraction of sp³-hybridized carbons (Fsp3) is 0.0417. The van der Waals surface area contributed by atoms with E-state index in [2.05, 4.69) is 22.2 Å². The number of rotatable bonds is 6. The van der Waals surface area contributed by atoms with Crippen LogP contribution in [0, 0.1) is 0 Å². The molecule has 33 heavy (non-hydrogen) atoms. The molecule has 2 N–H and O–H groups in total. The zero-order valence-electron chi connectivity index (χ0n) is 17.4. The van der Waals surface area contributed by atoms with E-state index < -0.39 is 10.0 Å². The Morgan fingerprint density at radius 2 is 1.55 bits per heavy atom. The molecule has 0 bridgehead atoms. The molecule has 0 aliphatic heterocycles. The number of ether oxygens (including phenoxy) is 1. The molecule has 166 valence electrons. The fourth-order valence-electron chi connectivity index (χ4n) is 3.39. The molecule has 0 unspecified atom stereocenters. The second kappa shape index (κ2) is 8.51. The van der Waals surface area contributed by atoms with Crippen molar-refractivity contribution in [2.75, 3.05) is 17.1 Å². The maximum Gasteiger partial charge on any atom is 0.265 e. The Kier molecular flexibility index (Phi) is 5.53. The SMILES string of the molecule is COc1ccc(NS(=O)(=O)c2ccc(NC(=O)c3cc4sc5ccccc5c4s3)cc2)cc1. The van der Waals surface area contributed by atoms with Crippen molar-refractivity contribution < 1.29 is 17.9 Å². The Morgan fingerprint density at radius 3 is 2.27 bits per heavy atom. The van der Waals surface area contributed by atoms with Crippen LogP contribution in [0.3, 0.4) is 0 Å². The van der Waals surface area contributed by atoms with Crippen LogP contribution in [0.5, 0.6) is 5.75 Å². The Balaban J connectivity index is 1.30. The van der Waals surface area contributed by atoms with Gasteiger partial charge in [-0.3, -0.25) is 9.52 Å². The molecular weight excluding hydrogens is 476 g/mol. The predicted octanol–water partition coefficient (Wildman–Crippen LogP) is 6.18. The zero-order chi connectivity index (χ0) is 23.0. The second-order valence-corrected chi connectivity index (χ2v) is 11.0. The monoisotopic (exact) mass is 494 g/mol. The summed E-state index contributed by atoms with van der Waals surface area (Å²) in [6.45, 7) is 0. The first-order valence-electron chi connectivity index (χ1n) is 9.92. The van der Waals surface area contributed by atoms with Gasteiger partial charge in [-0.15, -0.1) is 22.7 Å². The van der Waals surface area contributed by atoms with E-state index in [0.717, 1.165) is 14.8 Å². The smallest absolute Gasteiger partial charge is 0.265 e. The van der Waals surface area contributed by atoms with Crippen LogP contribution in [0.25, 0.3) is 19.5 Å². The highest BCUT2D eigenvalue weighted by atomic mass is 32.2. The quantitative estimate of drug-likeness (QED) is 0.295. The lowest BCUT2D eigenvalue weighted by Crippen LogP contribution is -2.13. The Morgan fingerprint density at radius 1 is 0.848 bits per heavy atom. The maximum atomic E-state index is 12.8. The average Bonchev–Trinajstić information content (AvgIpc) is 3.38. The summed E-state index contributed by atoms with van der Waals surface area (Å²) in [5.74, 6) is 0.413. The number of anilines is 2. The molecule has 0 radical (unpaired) electrons. The van der Waals surface area contributed by atoms with Gasteiger partial charge in [-0.05, 0) is 60.7 Å². The summed E-state index contributed by atoms with van der Waals surface area (Å²) in [5, 5.41) is 4.00. The van der Waals surface area contributed by atoms with Crippen molar-refractivity contribution >= 4 is 69.5 Å². The van der Waals surface area contributed by atoms with Gasteiger partial charge in [-0.2, -0.15) is 0 Å². The van der Waals surface area contributed by atoms with Crippen molar-refractivity contribution in [3.8, 4) is 5.75 Å². The first-order valence-corrected chi connectivity index (χ1v) is 13.0. The first-order chi connectivity index (χ1) is 15.9. The lowest BCUT2D eigenvalue weighted by Gasteiger charge is -2.10. The molecule has 0 fully saturated rings. The Bertz CT molecular complexity index is 1570. The number of fused-ring (bicyclic) bond motifs is 3. The Labute approximate surface area is 198 Å². The number of amides is 1. The largest absolute Gasteiger partial charge is 0.497 e. The van der Waals surface area contributed by atoms with E-state index in [1.165, 1.54) is 28.2 Å². The van der Waals surface area contributed by atoms with Crippen LogP contribution >= 0.6 is 22.7 Å². The predicted molar refractivity (Wildman–Crippen MR) is 135 cm³/mol. The molecule has 0 saturated carbocycles. The molecule has 3 aromatic carbocycles. The summed E-state index contributed by atoms with van der Waals surface area (Å²) in [4.78, 5) is 13.5. The molecule has 9 heteroatoms. The number of methoxy groups -OCH3 is 1. The number of thiophene rings is 2. The van der Waals surface area contributed by atoms with E-state index in [1.54, 1.807) is 54.8 Å². The average molecular weight is 495 g/mol. The minimum absolute atomic E-state index is 0.0967. The first kappa shape index (κ1) is 21.4. The topological polar surface area (TPSA) is 84.5 Å². The standard InChI is InChI=1S/C24H18N2O4S3/c1-30-17-10-6-16(7-11-17)26-33(28,29)18-12-8-15(9-13-18)25-24(27)22-14-21-23(32-22)19-4-2-3-5-20(19)31-21/h2-14,26H,1H3,(H,25,27). The van der Waals surface area contributed by atoms with E-state index in [4.69, 9.17) is 4.74 Å². The third-order valence-corrected chi connectivity index (χ3v) is 8.85. The Hall–Kier alpha value is -3.40. The molecule has 0 spiro atoms. The van der Waals surface area contributed by atoms with Gasteiger partial charge >= 0.3 is 0 Å².